The Morgan fingerprint density at radius 3 is 3.08 bits per heavy atom. The molecule has 0 unspecified atom stereocenters. The molecule has 4 nitrogen and oxygen atoms in total. The van der Waals surface area contributed by atoms with Crippen LogP contribution in [0, 0.1) is 0 Å². The van der Waals surface area contributed by atoms with Gasteiger partial charge in [0.1, 0.15) is 6.61 Å². The number of aromatic nitrogens is 1. The number of hydrogen-bond acceptors (Lipinski definition) is 4. The summed E-state index contributed by atoms with van der Waals surface area (Å²) in [6.45, 7) is 2.09. The zero-order valence-corrected chi connectivity index (χ0v) is 7.60. The number of pyridine rings is 1. The molecule has 0 saturated carbocycles. The Hall–Kier alpha value is -1.13. The Bertz CT molecular complexity index is 264. The van der Waals surface area contributed by atoms with E-state index in [1.165, 1.54) is 0 Å². The number of nitrogens with zero attached hydrogens (tertiary/aromatic N) is 1. The molecule has 0 aliphatic rings. The summed E-state index contributed by atoms with van der Waals surface area (Å²) in [6, 6.07) is 3.57. The van der Waals surface area contributed by atoms with E-state index in [1.54, 1.807) is 6.20 Å². The van der Waals surface area contributed by atoms with Crippen LogP contribution in [0.3, 0.4) is 0 Å². The molecule has 1 heterocycles. The lowest BCUT2D eigenvalue weighted by molar-refractivity contribution is 0.195. The van der Waals surface area contributed by atoms with Gasteiger partial charge in [-0.2, -0.15) is 0 Å². The van der Waals surface area contributed by atoms with Crippen LogP contribution in [0.5, 0.6) is 5.88 Å². The molecule has 0 aliphatic carbocycles. The molecule has 13 heavy (non-hydrogen) atoms. The number of rotatable bonds is 4. The normalized spacial score (nSPS) is 12.5. The Morgan fingerprint density at radius 2 is 2.46 bits per heavy atom. The standard InChI is InChI=1S/C9H14N2O2/c1-7(10)8-3-2-4-11-9(8)13-6-5-12/h2-4,7,12H,5-6,10H2,1H3/t7-/m0/s1. The third-order valence-electron chi connectivity index (χ3n) is 1.62. The zero-order valence-electron chi connectivity index (χ0n) is 7.60. The van der Waals surface area contributed by atoms with Crippen molar-refractivity contribution in [3.8, 4) is 5.88 Å². The highest BCUT2D eigenvalue weighted by atomic mass is 16.5. The minimum Gasteiger partial charge on any atom is -0.475 e. The molecule has 72 valence electrons. The molecule has 4 heteroatoms. The van der Waals surface area contributed by atoms with Crippen LogP contribution in [0.1, 0.15) is 18.5 Å². The average Bonchev–Trinajstić information content (AvgIpc) is 2.15. The molecule has 0 saturated heterocycles. The second-order valence-corrected chi connectivity index (χ2v) is 2.76. The highest BCUT2D eigenvalue weighted by Gasteiger charge is 2.07. The second-order valence-electron chi connectivity index (χ2n) is 2.76. The Labute approximate surface area is 77.4 Å². The van der Waals surface area contributed by atoms with Crippen LogP contribution in [-0.4, -0.2) is 23.3 Å². The molecule has 1 rings (SSSR count). The summed E-state index contributed by atoms with van der Waals surface area (Å²) in [5.74, 6) is 0.506. The van der Waals surface area contributed by atoms with E-state index >= 15 is 0 Å². The maximum Gasteiger partial charge on any atom is 0.218 e. The van der Waals surface area contributed by atoms with Gasteiger partial charge >= 0.3 is 0 Å². The van der Waals surface area contributed by atoms with Gasteiger partial charge in [0, 0.05) is 17.8 Å². The van der Waals surface area contributed by atoms with Gasteiger partial charge in [-0.05, 0) is 13.0 Å². The van der Waals surface area contributed by atoms with Crippen molar-refractivity contribution in [1.29, 1.82) is 0 Å². The molecular weight excluding hydrogens is 168 g/mol. The summed E-state index contributed by atoms with van der Waals surface area (Å²) in [6.07, 6.45) is 1.64. The van der Waals surface area contributed by atoms with E-state index in [1.807, 2.05) is 19.1 Å². The van der Waals surface area contributed by atoms with Crippen LogP contribution in [0.2, 0.25) is 0 Å². The van der Waals surface area contributed by atoms with Gasteiger partial charge in [-0.3, -0.25) is 0 Å². The van der Waals surface area contributed by atoms with Crippen LogP contribution < -0.4 is 10.5 Å². The summed E-state index contributed by atoms with van der Waals surface area (Å²) in [7, 11) is 0. The van der Waals surface area contributed by atoms with Crippen molar-refractivity contribution >= 4 is 0 Å². The fourth-order valence-corrected chi connectivity index (χ4v) is 1.01. The lowest BCUT2D eigenvalue weighted by atomic mass is 10.1. The zero-order chi connectivity index (χ0) is 9.68. The lowest BCUT2D eigenvalue weighted by Crippen LogP contribution is -2.10. The molecule has 3 N–H and O–H groups in total. The molecule has 0 bridgehead atoms. The van der Waals surface area contributed by atoms with Gasteiger partial charge < -0.3 is 15.6 Å². The summed E-state index contributed by atoms with van der Waals surface area (Å²) in [5, 5.41) is 8.57. The molecule has 1 aromatic heterocycles. The number of hydrogen-bond donors (Lipinski definition) is 2. The highest BCUT2D eigenvalue weighted by Crippen LogP contribution is 2.19. The van der Waals surface area contributed by atoms with Crippen LogP contribution in [0.25, 0.3) is 0 Å². The van der Waals surface area contributed by atoms with E-state index in [9.17, 15) is 0 Å². The minimum absolute atomic E-state index is 0.0189. The van der Waals surface area contributed by atoms with Crippen molar-refractivity contribution in [3.05, 3.63) is 23.9 Å². The van der Waals surface area contributed by atoms with E-state index in [0.29, 0.717) is 5.88 Å². The monoisotopic (exact) mass is 182 g/mol. The van der Waals surface area contributed by atoms with E-state index in [-0.39, 0.29) is 19.3 Å². The molecule has 1 atom stereocenters. The third kappa shape index (κ3) is 2.68. The predicted molar refractivity (Wildman–Crippen MR) is 49.4 cm³/mol. The van der Waals surface area contributed by atoms with Gasteiger partial charge in [0.25, 0.3) is 0 Å². The molecule has 0 radical (unpaired) electrons. The van der Waals surface area contributed by atoms with Gasteiger partial charge in [0.15, 0.2) is 0 Å². The maximum absolute atomic E-state index is 8.57. The Morgan fingerprint density at radius 1 is 1.69 bits per heavy atom. The maximum atomic E-state index is 8.57. The van der Waals surface area contributed by atoms with Crippen LogP contribution in [0.4, 0.5) is 0 Å². The van der Waals surface area contributed by atoms with Gasteiger partial charge in [0.05, 0.1) is 6.61 Å². The SMILES string of the molecule is C[C@H](N)c1cccnc1OCCO. The predicted octanol–water partition coefficient (Wildman–Crippen LogP) is 0.472. The van der Waals surface area contributed by atoms with Gasteiger partial charge in [-0.15, -0.1) is 0 Å². The number of aliphatic hydroxyl groups excluding tert-OH is 1. The van der Waals surface area contributed by atoms with Crippen LogP contribution in [-0.2, 0) is 0 Å². The first-order valence-corrected chi connectivity index (χ1v) is 4.20. The van der Waals surface area contributed by atoms with E-state index in [0.717, 1.165) is 5.56 Å². The van der Waals surface area contributed by atoms with Gasteiger partial charge in [0.2, 0.25) is 5.88 Å². The van der Waals surface area contributed by atoms with Gasteiger partial charge in [-0.25, -0.2) is 4.98 Å². The highest BCUT2D eigenvalue weighted by molar-refractivity contribution is 5.27. The van der Waals surface area contributed by atoms with E-state index in [4.69, 9.17) is 15.6 Å². The Balaban J connectivity index is 2.78. The Kier molecular flexibility index (Phi) is 3.67. The average molecular weight is 182 g/mol. The first-order valence-electron chi connectivity index (χ1n) is 4.20. The van der Waals surface area contributed by atoms with Crippen molar-refractivity contribution in [2.75, 3.05) is 13.2 Å². The molecule has 0 fully saturated rings. The van der Waals surface area contributed by atoms with E-state index < -0.39 is 0 Å². The lowest BCUT2D eigenvalue weighted by Gasteiger charge is -2.11. The summed E-state index contributed by atoms with van der Waals surface area (Å²) < 4.78 is 5.21. The summed E-state index contributed by atoms with van der Waals surface area (Å²) >= 11 is 0. The molecule has 0 aromatic carbocycles. The second kappa shape index (κ2) is 4.79. The van der Waals surface area contributed by atoms with E-state index in [2.05, 4.69) is 4.98 Å². The number of nitrogens with two attached hydrogens (primary N) is 1. The smallest absolute Gasteiger partial charge is 0.218 e. The van der Waals surface area contributed by atoms with Crippen molar-refractivity contribution < 1.29 is 9.84 Å². The minimum atomic E-state index is -0.109. The molecular formula is C9H14N2O2. The quantitative estimate of drug-likeness (QED) is 0.710. The molecule has 0 amide bonds. The third-order valence-corrected chi connectivity index (χ3v) is 1.62. The van der Waals surface area contributed by atoms with Crippen LogP contribution >= 0.6 is 0 Å². The van der Waals surface area contributed by atoms with Crippen molar-refractivity contribution in [2.24, 2.45) is 5.73 Å². The van der Waals surface area contributed by atoms with Crippen molar-refractivity contribution in [1.82, 2.24) is 4.98 Å². The van der Waals surface area contributed by atoms with Gasteiger partial charge in [-0.1, -0.05) is 6.07 Å². The van der Waals surface area contributed by atoms with Crippen molar-refractivity contribution in [2.45, 2.75) is 13.0 Å². The number of aliphatic hydroxyl groups is 1. The fourth-order valence-electron chi connectivity index (χ4n) is 1.01. The number of ether oxygens (including phenoxy) is 1. The molecule has 0 spiro atoms. The first-order chi connectivity index (χ1) is 6.25. The topological polar surface area (TPSA) is 68.4 Å². The fraction of sp³-hybridized carbons (Fsp3) is 0.444. The van der Waals surface area contributed by atoms with Crippen LogP contribution in [0.15, 0.2) is 18.3 Å². The summed E-state index contributed by atoms with van der Waals surface area (Å²) in [5.41, 5.74) is 6.56. The largest absolute Gasteiger partial charge is 0.475 e. The van der Waals surface area contributed by atoms with Crippen molar-refractivity contribution in [3.63, 3.8) is 0 Å². The first kappa shape index (κ1) is 9.95. The summed E-state index contributed by atoms with van der Waals surface area (Å²) in [4.78, 5) is 4.02. The molecule has 0 aliphatic heterocycles. The molecule has 1 aromatic rings.